The number of carbonyl (C=O) groups excluding carboxylic acids is 1. The first-order valence-electron chi connectivity index (χ1n) is 6.60. The zero-order chi connectivity index (χ0) is 13.7. The van der Waals surface area contributed by atoms with Gasteiger partial charge in [-0.2, -0.15) is 0 Å². The molecule has 19 heavy (non-hydrogen) atoms. The first kappa shape index (κ1) is 14.3. The van der Waals surface area contributed by atoms with Gasteiger partial charge in [0.05, 0.1) is 5.56 Å². The van der Waals surface area contributed by atoms with E-state index in [0.717, 1.165) is 36.0 Å². The van der Waals surface area contributed by atoms with Crippen molar-refractivity contribution in [1.29, 1.82) is 0 Å². The van der Waals surface area contributed by atoms with E-state index in [-0.39, 0.29) is 5.91 Å². The van der Waals surface area contributed by atoms with E-state index in [1.807, 2.05) is 25.1 Å². The molecule has 0 saturated carbocycles. The Kier molecular flexibility index (Phi) is 5.16. The topological polar surface area (TPSA) is 41.1 Å². The van der Waals surface area contributed by atoms with Crippen LogP contribution in [-0.4, -0.2) is 25.5 Å². The maximum Gasteiger partial charge on any atom is 0.252 e. The molecule has 0 radical (unpaired) electrons. The number of amides is 1. The molecule has 0 saturated heterocycles. The van der Waals surface area contributed by atoms with Crippen LogP contribution in [0.5, 0.6) is 0 Å². The maximum atomic E-state index is 12.1. The fourth-order valence-electron chi connectivity index (χ4n) is 2.14. The average molecular weight is 323 g/mol. The summed E-state index contributed by atoms with van der Waals surface area (Å²) in [7, 11) is 0. The highest BCUT2D eigenvalue weighted by molar-refractivity contribution is 9.10. The summed E-state index contributed by atoms with van der Waals surface area (Å²) in [5.41, 5.74) is 3.23. The van der Waals surface area contributed by atoms with Gasteiger partial charge < -0.3 is 10.6 Å². The summed E-state index contributed by atoms with van der Waals surface area (Å²) in [6, 6.07) is 5.81. The zero-order valence-electron chi connectivity index (χ0n) is 11.1. The van der Waals surface area contributed by atoms with Gasteiger partial charge in [0.25, 0.3) is 5.91 Å². The van der Waals surface area contributed by atoms with Gasteiger partial charge in [-0.25, -0.2) is 0 Å². The Morgan fingerprint density at radius 2 is 2.32 bits per heavy atom. The third-order valence-corrected chi connectivity index (χ3v) is 3.95. The highest BCUT2D eigenvalue weighted by Crippen LogP contribution is 2.18. The molecule has 1 aromatic carbocycles. The van der Waals surface area contributed by atoms with Crippen LogP contribution >= 0.6 is 15.9 Å². The molecule has 4 heteroatoms. The number of rotatable bonds is 4. The van der Waals surface area contributed by atoms with Gasteiger partial charge in [0.15, 0.2) is 0 Å². The molecule has 1 aliphatic heterocycles. The summed E-state index contributed by atoms with van der Waals surface area (Å²) < 4.78 is 0.844. The molecule has 0 fully saturated rings. The van der Waals surface area contributed by atoms with Crippen LogP contribution in [0.3, 0.4) is 0 Å². The van der Waals surface area contributed by atoms with Gasteiger partial charge in [-0.1, -0.05) is 23.3 Å². The second-order valence-corrected chi connectivity index (χ2v) is 5.66. The Labute approximate surface area is 122 Å². The Morgan fingerprint density at radius 1 is 1.47 bits per heavy atom. The van der Waals surface area contributed by atoms with Crippen LogP contribution in [0.4, 0.5) is 0 Å². The van der Waals surface area contributed by atoms with E-state index in [1.54, 1.807) is 0 Å². The lowest BCUT2D eigenvalue weighted by Crippen LogP contribution is -2.27. The van der Waals surface area contributed by atoms with Crippen LogP contribution in [0.1, 0.15) is 28.8 Å². The Hall–Kier alpha value is -1.13. The molecule has 1 heterocycles. The summed E-state index contributed by atoms with van der Waals surface area (Å²) in [4.78, 5) is 12.1. The number of benzene rings is 1. The van der Waals surface area contributed by atoms with Crippen LogP contribution in [0.2, 0.25) is 0 Å². The largest absolute Gasteiger partial charge is 0.352 e. The Bertz CT molecular complexity index is 497. The van der Waals surface area contributed by atoms with Crippen LogP contribution < -0.4 is 10.6 Å². The van der Waals surface area contributed by atoms with Crippen molar-refractivity contribution < 1.29 is 4.79 Å². The molecule has 0 spiro atoms. The van der Waals surface area contributed by atoms with Gasteiger partial charge >= 0.3 is 0 Å². The fraction of sp³-hybridized carbons (Fsp3) is 0.400. The predicted octanol–water partition coefficient (Wildman–Crippen LogP) is 2.80. The number of halogens is 1. The molecule has 2 N–H and O–H groups in total. The van der Waals surface area contributed by atoms with Crippen LogP contribution in [0, 0.1) is 6.92 Å². The number of aryl methyl sites for hydroxylation is 1. The van der Waals surface area contributed by atoms with E-state index in [0.29, 0.717) is 12.1 Å². The molecule has 0 aliphatic carbocycles. The van der Waals surface area contributed by atoms with E-state index in [4.69, 9.17) is 0 Å². The molecular formula is C15H19BrN2O. The van der Waals surface area contributed by atoms with Crippen molar-refractivity contribution in [3.8, 4) is 0 Å². The Morgan fingerprint density at radius 3 is 3.05 bits per heavy atom. The molecule has 1 amide bonds. The summed E-state index contributed by atoms with van der Waals surface area (Å²) in [5.74, 6) is -0.00916. The average Bonchev–Trinajstić information content (AvgIpc) is 2.42. The van der Waals surface area contributed by atoms with E-state index < -0.39 is 0 Å². The second-order valence-electron chi connectivity index (χ2n) is 4.81. The van der Waals surface area contributed by atoms with Crippen LogP contribution in [0.15, 0.2) is 34.3 Å². The molecule has 1 aliphatic rings. The summed E-state index contributed by atoms with van der Waals surface area (Å²) in [6.45, 7) is 4.68. The SMILES string of the molecule is Cc1ccc(Br)c(C(=O)NCCC2=CCNCC2)c1. The van der Waals surface area contributed by atoms with Crippen LogP contribution in [0.25, 0.3) is 0 Å². The van der Waals surface area contributed by atoms with E-state index in [1.165, 1.54) is 5.57 Å². The molecule has 0 atom stereocenters. The number of carbonyl (C=O) groups is 1. The van der Waals surface area contributed by atoms with Gasteiger partial charge in [-0.05, 0) is 54.4 Å². The molecule has 3 nitrogen and oxygen atoms in total. The summed E-state index contributed by atoms with van der Waals surface area (Å²) >= 11 is 3.42. The number of nitrogens with one attached hydrogen (secondary N) is 2. The molecule has 2 rings (SSSR count). The van der Waals surface area contributed by atoms with Gasteiger partial charge in [-0.3, -0.25) is 4.79 Å². The fourth-order valence-corrected chi connectivity index (χ4v) is 2.57. The van der Waals surface area contributed by atoms with Gasteiger partial charge in [-0.15, -0.1) is 0 Å². The quantitative estimate of drug-likeness (QED) is 0.837. The normalized spacial score (nSPS) is 14.9. The monoisotopic (exact) mass is 322 g/mol. The predicted molar refractivity (Wildman–Crippen MR) is 81.4 cm³/mol. The molecule has 0 unspecified atom stereocenters. The van der Waals surface area contributed by atoms with Crippen molar-refractivity contribution >= 4 is 21.8 Å². The summed E-state index contributed by atoms with van der Waals surface area (Å²) in [6.07, 6.45) is 4.25. The van der Waals surface area contributed by atoms with Gasteiger partial charge in [0.2, 0.25) is 0 Å². The van der Waals surface area contributed by atoms with Crippen LogP contribution in [-0.2, 0) is 0 Å². The minimum absolute atomic E-state index is 0.00916. The lowest BCUT2D eigenvalue weighted by Gasteiger charge is -2.14. The molecule has 1 aromatic rings. The summed E-state index contributed by atoms with van der Waals surface area (Å²) in [5, 5.41) is 6.27. The zero-order valence-corrected chi connectivity index (χ0v) is 12.7. The van der Waals surface area contributed by atoms with Gasteiger partial charge in [0.1, 0.15) is 0 Å². The first-order chi connectivity index (χ1) is 9.16. The van der Waals surface area contributed by atoms with Gasteiger partial charge in [0, 0.05) is 17.6 Å². The van der Waals surface area contributed by atoms with Crippen molar-refractivity contribution in [2.75, 3.05) is 19.6 Å². The highest BCUT2D eigenvalue weighted by atomic mass is 79.9. The molecular weight excluding hydrogens is 304 g/mol. The lowest BCUT2D eigenvalue weighted by atomic mass is 10.1. The van der Waals surface area contributed by atoms with Crippen molar-refractivity contribution in [3.05, 3.63) is 45.4 Å². The second kappa shape index (κ2) is 6.87. The minimum atomic E-state index is -0.00916. The van der Waals surface area contributed by atoms with E-state index in [9.17, 15) is 4.79 Å². The van der Waals surface area contributed by atoms with Crippen molar-refractivity contribution in [3.63, 3.8) is 0 Å². The smallest absolute Gasteiger partial charge is 0.252 e. The molecule has 102 valence electrons. The number of hydrogen-bond acceptors (Lipinski definition) is 2. The lowest BCUT2D eigenvalue weighted by molar-refractivity contribution is 0.0953. The van der Waals surface area contributed by atoms with Crippen molar-refractivity contribution in [2.45, 2.75) is 19.8 Å². The minimum Gasteiger partial charge on any atom is -0.352 e. The molecule has 0 aromatic heterocycles. The third-order valence-electron chi connectivity index (χ3n) is 3.26. The van der Waals surface area contributed by atoms with E-state index in [2.05, 4.69) is 32.6 Å². The number of hydrogen-bond donors (Lipinski definition) is 2. The van der Waals surface area contributed by atoms with E-state index >= 15 is 0 Å². The maximum absolute atomic E-state index is 12.1. The molecule has 0 bridgehead atoms. The highest BCUT2D eigenvalue weighted by Gasteiger charge is 2.10. The standard InChI is InChI=1S/C15H19BrN2O/c1-11-2-3-14(16)13(10-11)15(19)18-9-6-12-4-7-17-8-5-12/h2-4,10,17H,5-9H2,1H3,(H,18,19). The first-order valence-corrected chi connectivity index (χ1v) is 7.39. The third kappa shape index (κ3) is 4.18. The Balaban J connectivity index is 1.87. The van der Waals surface area contributed by atoms with Crippen molar-refractivity contribution in [1.82, 2.24) is 10.6 Å². The van der Waals surface area contributed by atoms with Crippen molar-refractivity contribution in [2.24, 2.45) is 0 Å².